The van der Waals surface area contributed by atoms with E-state index < -0.39 is 11.9 Å². The van der Waals surface area contributed by atoms with Gasteiger partial charge in [0.1, 0.15) is 0 Å². The van der Waals surface area contributed by atoms with Crippen LogP contribution >= 0.6 is 31.9 Å². The molecule has 0 fully saturated rings. The molecule has 6 heteroatoms. The summed E-state index contributed by atoms with van der Waals surface area (Å²) in [6.45, 7) is 1.88. The lowest BCUT2D eigenvalue weighted by atomic mass is 9.83. The zero-order valence-corrected chi connectivity index (χ0v) is 13.0. The summed E-state index contributed by atoms with van der Waals surface area (Å²) in [4.78, 5) is 23.6. The Balaban J connectivity index is 3.24. The molecule has 0 heterocycles. The van der Waals surface area contributed by atoms with E-state index in [9.17, 15) is 9.59 Å². The number of ether oxygens (including phenoxy) is 2. The summed E-state index contributed by atoms with van der Waals surface area (Å²) in [6, 6.07) is 0. The number of methoxy groups -OCH3 is 2. The normalized spacial score (nSPS) is 28.9. The van der Waals surface area contributed by atoms with Crippen molar-refractivity contribution in [3.63, 3.8) is 0 Å². The van der Waals surface area contributed by atoms with Gasteiger partial charge in [0.25, 0.3) is 0 Å². The highest BCUT2D eigenvalue weighted by molar-refractivity contribution is 9.12. The summed E-state index contributed by atoms with van der Waals surface area (Å²) < 4.78 is 9.43. The van der Waals surface area contributed by atoms with Crippen molar-refractivity contribution in [2.75, 3.05) is 14.2 Å². The summed E-state index contributed by atoms with van der Waals surface area (Å²) in [5, 5.41) is 0. The minimum absolute atomic E-state index is 0.0741. The fourth-order valence-corrected chi connectivity index (χ4v) is 3.13. The standard InChI is InChI=1S/C11H14Br2O4/c1-5-8(11(15)17-3)6(10(14)16-2)4-7(12)9(5)13/h5,7,9H,4H2,1-3H3/t5-,7-,9-/m0/s1. The third-order valence-corrected chi connectivity index (χ3v) is 5.87. The second-order valence-corrected chi connectivity index (χ2v) is 6.06. The first kappa shape index (κ1) is 14.7. The van der Waals surface area contributed by atoms with Gasteiger partial charge in [0.15, 0.2) is 0 Å². The Hall–Kier alpha value is -0.360. The smallest absolute Gasteiger partial charge is 0.334 e. The summed E-state index contributed by atoms with van der Waals surface area (Å²) in [6.07, 6.45) is 0.442. The molecule has 4 nitrogen and oxygen atoms in total. The number of carbonyl (C=O) groups excluding carboxylic acids is 2. The van der Waals surface area contributed by atoms with Gasteiger partial charge in [0.05, 0.1) is 19.8 Å². The molecule has 1 aliphatic carbocycles. The van der Waals surface area contributed by atoms with Crippen LogP contribution in [0.25, 0.3) is 0 Å². The number of halogens is 2. The molecule has 0 aromatic heterocycles. The average Bonchev–Trinajstić information content (AvgIpc) is 2.33. The maximum atomic E-state index is 11.7. The molecule has 0 bridgehead atoms. The Morgan fingerprint density at radius 2 is 1.71 bits per heavy atom. The first-order valence-corrected chi connectivity index (χ1v) is 6.95. The highest BCUT2D eigenvalue weighted by Crippen LogP contribution is 2.39. The molecule has 0 N–H and O–H groups in total. The van der Waals surface area contributed by atoms with Gasteiger partial charge < -0.3 is 9.47 Å². The lowest BCUT2D eigenvalue weighted by Crippen LogP contribution is -2.35. The molecule has 0 amide bonds. The van der Waals surface area contributed by atoms with Crippen LogP contribution in [0.1, 0.15) is 13.3 Å². The molecule has 0 aromatic rings. The van der Waals surface area contributed by atoms with Crippen LogP contribution in [0.3, 0.4) is 0 Å². The Labute approximate surface area is 117 Å². The second kappa shape index (κ2) is 6.00. The first-order valence-electron chi connectivity index (χ1n) is 5.11. The molecule has 0 saturated carbocycles. The van der Waals surface area contributed by atoms with E-state index in [1.807, 2.05) is 6.92 Å². The predicted octanol–water partition coefficient (Wildman–Crippen LogP) is 2.20. The van der Waals surface area contributed by atoms with E-state index in [-0.39, 0.29) is 15.6 Å². The van der Waals surface area contributed by atoms with Crippen molar-refractivity contribution in [2.24, 2.45) is 5.92 Å². The van der Waals surface area contributed by atoms with E-state index in [0.29, 0.717) is 17.6 Å². The molecule has 0 radical (unpaired) electrons. The van der Waals surface area contributed by atoms with Gasteiger partial charge in [-0.2, -0.15) is 0 Å². The fourth-order valence-electron chi connectivity index (χ4n) is 1.90. The van der Waals surface area contributed by atoms with Crippen LogP contribution < -0.4 is 0 Å². The highest BCUT2D eigenvalue weighted by atomic mass is 79.9. The Morgan fingerprint density at radius 3 is 2.18 bits per heavy atom. The van der Waals surface area contributed by atoms with Crippen LogP contribution in [0, 0.1) is 5.92 Å². The molecule has 0 aliphatic heterocycles. The molecule has 0 unspecified atom stereocenters. The second-order valence-electron chi connectivity index (χ2n) is 3.83. The van der Waals surface area contributed by atoms with Crippen LogP contribution in [0.5, 0.6) is 0 Å². The van der Waals surface area contributed by atoms with E-state index >= 15 is 0 Å². The maximum Gasteiger partial charge on any atom is 0.334 e. The van der Waals surface area contributed by atoms with Crippen molar-refractivity contribution in [1.82, 2.24) is 0 Å². The number of alkyl halides is 2. The van der Waals surface area contributed by atoms with E-state index in [4.69, 9.17) is 9.47 Å². The number of carbonyl (C=O) groups is 2. The van der Waals surface area contributed by atoms with Crippen LogP contribution in [-0.2, 0) is 19.1 Å². The van der Waals surface area contributed by atoms with Gasteiger partial charge in [0.2, 0.25) is 0 Å². The summed E-state index contributed by atoms with van der Waals surface area (Å²) in [5.74, 6) is -1.06. The van der Waals surface area contributed by atoms with Crippen molar-refractivity contribution in [3.8, 4) is 0 Å². The maximum absolute atomic E-state index is 11.7. The first-order chi connectivity index (χ1) is 7.93. The topological polar surface area (TPSA) is 52.6 Å². The predicted molar refractivity (Wildman–Crippen MR) is 70.3 cm³/mol. The van der Waals surface area contributed by atoms with E-state index in [1.165, 1.54) is 14.2 Å². The Morgan fingerprint density at radius 1 is 1.18 bits per heavy atom. The quantitative estimate of drug-likeness (QED) is 0.553. The monoisotopic (exact) mass is 368 g/mol. The number of hydrogen-bond donors (Lipinski definition) is 0. The number of esters is 2. The van der Waals surface area contributed by atoms with E-state index in [1.54, 1.807) is 0 Å². The minimum atomic E-state index is -0.471. The molecular formula is C11H14Br2O4. The summed E-state index contributed by atoms with van der Waals surface area (Å²) in [5.41, 5.74) is 0.793. The zero-order chi connectivity index (χ0) is 13.2. The molecule has 1 aliphatic rings. The van der Waals surface area contributed by atoms with Crippen LogP contribution in [0.15, 0.2) is 11.1 Å². The molecular weight excluding hydrogens is 356 g/mol. The average molecular weight is 370 g/mol. The molecule has 3 atom stereocenters. The molecule has 1 rings (SSSR count). The van der Waals surface area contributed by atoms with Gasteiger partial charge in [-0.05, 0) is 6.42 Å². The molecule has 17 heavy (non-hydrogen) atoms. The molecule has 0 saturated heterocycles. The molecule has 0 spiro atoms. The SMILES string of the molecule is COC(=O)C1=C(C(=O)OC)[C@H](C)[C@H](Br)[C@@H](Br)C1. The van der Waals surface area contributed by atoms with Gasteiger partial charge >= 0.3 is 11.9 Å². The lowest BCUT2D eigenvalue weighted by molar-refractivity contribution is -0.140. The zero-order valence-electron chi connectivity index (χ0n) is 9.83. The van der Waals surface area contributed by atoms with E-state index in [0.717, 1.165) is 0 Å². The van der Waals surface area contributed by atoms with Crippen molar-refractivity contribution in [2.45, 2.75) is 23.0 Å². The van der Waals surface area contributed by atoms with Gasteiger partial charge in [-0.25, -0.2) is 9.59 Å². The van der Waals surface area contributed by atoms with Crippen molar-refractivity contribution >= 4 is 43.8 Å². The minimum Gasteiger partial charge on any atom is -0.466 e. The van der Waals surface area contributed by atoms with Crippen molar-refractivity contribution in [3.05, 3.63) is 11.1 Å². The Kier molecular flexibility index (Phi) is 5.19. The van der Waals surface area contributed by atoms with Crippen molar-refractivity contribution < 1.29 is 19.1 Å². The van der Waals surface area contributed by atoms with Gasteiger partial charge in [-0.1, -0.05) is 38.8 Å². The van der Waals surface area contributed by atoms with Gasteiger partial charge in [-0.3, -0.25) is 0 Å². The summed E-state index contributed by atoms with van der Waals surface area (Å²) in [7, 11) is 2.61. The Bertz CT molecular complexity index is 364. The number of hydrogen-bond acceptors (Lipinski definition) is 4. The highest BCUT2D eigenvalue weighted by Gasteiger charge is 2.39. The third-order valence-electron chi connectivity index (χ3n) is 2.84. The van der Waals surface area contributed by atoms with E-state index in [2.05, 4.69) is 31.9 Å². The van der Waals surface area contributed by atoms with Crippen molar-refractivity contribution in [1.29, 1.82) is 0 Å². The molecule has 96 valence electrons. The van der Waals surface area contributed by atoms with Crippen LogP contribution in [0.2, 0.25) is 0 Å². The molecule has 0 aromatic carbocycles. The van der Waals surface area contributed by atoms with Crippen LogP contribution in [-0.4, -0.2) is 35.8 Å². The van der Waals surface area contributed by atoms with Crippen LogP contribution in [0.4, 0.5) is 0 Å². The summed E-state index contributed by atoms with van der Waals surface area (Å²) >= 11 is 7.00. The lowest BCUT2D eigenvalue weighted by Gasteiger charge is -2.31. The van der Waals surface area contributed by atoms with Gasteiger partial charge in [0, 0.05) is 21.1 Å². The third kappa shape index (κ3) is 2.91. The van der Waals surface area contributed by atoms with Gasteiger partial charge in [-0.15, -0.1) is 0 Å². The number of rotatable bonds is 2. The largest absolute Gasteiger partial charge is 0.466 e. The fraction of sp³-hybridized carbons (Fsp3) is 0.636.